The van der Waals surface area contributed by atoms with E-state index in [1.54, 1.807) is 45.0 Å². The zero-order valence-electron chi connectivity index (χ0n) is 18.2. The van der Waals surface area contributed by atoms with Crippen molar-refractivity contribution in [3.8, 4) is 5.75 Å². The predicted octanol–water partition coefficient (Wildman–Crippen LogP) is 2.45. The molecule has 0 radical (unpaired) electrons. The van der Waals surface area contributed by atoms with Crippen LogP contribution in [0.3, 0.4) is 0 Å². The van der Waals surface area contributed by atoms with Gasteiger partial charge in [-0.25, -0.2) is 4.79 Å². The van der Waals surface area contributed by atoms with Gasteiger partial charge in [0.1, 0.15) is 16.3 Å². The van der Waals surface area contributed by atoms with Crippen LogP contribution in [-0.2, 0) is 23.9 Å². The van der Waals surface area contributed by atoms with Crippen LogP contribution in [0.2, 0.25) is 5.02 Å². The number of ether oxygens (including phenoxy) is 1. The molecule has 0 bridgehead atoms. The highest BCUT2D eigenvalue weighted by atomic mass is 35.5. The lowest BCUT2D eigenvalue weighted by molar-refractivity contribution is -0.186. The summed E-state index contributed by atoms with van der Waals surface area (Å²) in [4.78, 5) is 56.6. The molecule has 0 aromatic heterocycles. The van der Waals surface area contributed by atoms with Crippen LogP contribution in [0.4, 0.5) is 0 Å². The number of nitrogens with zero attached hydrogens (tertiary/aromatic N) is 2. The molecule has 3 amide bonds. The second-order valence-electron chi connectivity index (χ2n) is 8.27. The third kappa shape index (κ3) is 5.18. The molecule has 9 nitrogen and oxygen atoms in total. The van der Waals surface area contributed by atoms with E-state index in [1.807, 2.05) is 0 Å². The number of hydrogen-bond acceptors (Lipinski definition) is 7. The Hall–Kier alpha value is -2.72. The number of halogens is 1. The van der Waals surface area contributed by atoms with Gasteiger partial charge in [0.2, 0.25) is 5.91 Å². The molecule has 2 aliphatic rings. The molecule has 11 heteroatoms. The largest absolute Gasteiger partial charge is 0.456 e. The van der Waals surface area contributed by atoms with E-state index in [1.165, 1.54) is 24.9 Å². The minimum Gasteiger partial charge on any atom is -0.456 e. The predicted molar refractivity (Wildman–Crippen MR) is 118 cm³/mol. The van der Waals surface area contributed by atoms with Crippen molar-refractivity contribution in [2.24, 2.45) is 0 Å². The number of hydroxylamine groups is 2. The molecule has 0 saturated carbocycles. The molecule has 3 rings (SSSR count). The standard InChI is InChI=1S/C21H24ClN3O6S/c1-11(26)23-17-15(20(29)30-21(3,4)5)10-24-18(28)16(19(24)32-17)25(12(2)27)31-14-8-6-13(22)7-9-14/h6-10,16-17,19H,1-5H3,(H,23,26)/t16?,17?,19-/m1/s1. The molecule has 1 aromatic carbocycles. The Labute approximate surface area is 195 Å². The summed E-state index contributed by atoms with van der Waals surface area (Å²) in [6.45, 7) is 7.78. The summed E-state index contributed by atoms with van der Waals surface area (Å²) in [5, 5.41) is 2.87. The van der Waals surface area contributed by atoms with E-state index >= 15 is 0 Å². The number of fused-ring (bicyclic) bond motifs is 1. The number of benzene rings is 1. The van der Waals surface area contributed by atoms with Crippen molar-refractivity contribution in [1.82, 2.24) is 15.3 Å². The van der Waals surface area contributed by atoms with Crippen LogP contribution < -0.4 is 10.2 Å². The highest BCUT2D eigenvalue weighted by molar-refractivity contribution is 8.00. The SMILES string of the molecule is CC(=O)NC1S[C@@H]2C(N(Oc3ccc(Cl)cc3)C(C)=O)C(=O)N2C=C1C(=O)OC(C)(C)C. The first-order valence-corrected chi connectivity index (χ1v) is 11.1. The first-order valence-electron chi connectivity index (χ1n) is 9.80. The van der Waals surface area contributed by atoms with Crippen molar-refractivity contribution >= 4 is 47.1 Å². The molecule has 1 saturated heterocycles. The number of thioether (sulfide) groups is 1. The molecule has 172 valence electrons. The molecule has 0 spiro atoms. The number of hydrogen-bond donors (Lipinski definition) is 1. The van der Waals surface area contributed by atoms with Crippen molar-refractivity contribution in [1.29, 1.82) is 0 Å². The summed E-state index contributed by atoms with van der Waals surface area (Å²) in [6, 6.07) is 5.41. The van der Waals surface area contributed by atoms with Crippen LogP contribution in [0.25, 0.3) is 0 Å². The van der Waals surface area contributed by atoms with Gasteiger partial charge in [-0.1, -0.05) is 11.6 Å². The summed E-state index contributed by atoms with van der Waals surface area (Å²) >= 11 is 7.04. The van der Waals surface area contributed by atoms with E-state index in [0.29, 0.717) is 10.8 Å². The van der Waals surface area contributed by atoms with Crippen molar-refractivity contribution in [3.05, 3.63) is 41.1 Å². The number of amides is 3. The monoisotopic (exact) mass is 481 g/mol. The number of rotatable bonds is 5. The third-order valence-electron chi connectivity index (χ3n) is 4.44. The van der Waals surface area contributed by atoms with Gasteiger partial charge >= 0.3 is 5.97 Å². The topological polar surface area (TPSA) is 105 Å². The number of carbonyl (C=O) groups excluding carboxylic acids is 4. The molecule has 2 heterocycles. The zero-order valence-corrected chi connectivity index (χ0v) is 19.8. The molecular weight excluding hydrogens is 458 g/mol. The summed E-state index contributed by atoms with van der Waals surface area (Å²) in [6.07, 6.45) is 1.37. The number of β-lactam (4-membered cyclic amide) rings is 1. The lowest BCUT2D eigenvalue weighted by Crippen LogP contribution is -2.71. The van der Waals surface area contributed by atoms with E-state index in [2.05, 4.69) is 5.32 Å². The lowest BCUT2D eigenvalue weighted by Gasteiger charge is -2.51. The van der Waals surface area contributed by atoms with E-state index in [4.69, 9.17) is 21.2 Å². The number of esters is 1. The normalized spacial score (nSPS) is 22.2. The van der Waals surface area contributed by atoms with Gasteiger partial charge in [-0.2, -0.15) is 5.06 Å². The fraction of sp³-hybridized carbons (Fsp3) is 0.429. The van der Waals surface area contributed by atoms with E-state index < -0.39 is 40.2 Å². The Morgan fingerprint density at radius 3 is 2.31 bits per heavy atom. The highest BCUT2D eigenvalue weighted by Gasteiger charge is 2.56. The Balaban J connectivity index is 1.86. The van der Waals surface area contributed by atoms with Crippen LogP contribution in [0, 0.1) is 0 Å². The van der Waals surface area contributed by atoms with Gasteiger partial charge in [0.15, 0.2) is 11.8 Å². The maximum absolute atomic E-state index is 12.9. The smallest absolute Gasteiger partial charge is 0.339 e. The summed E-state index contributed by atoms with van der Waals surface area (Å²) in [5.74, 6) is -1.56. The lowest BCUT2D eigenvalue weighted by atomic mass is 10.1. The Morgan fingerprint density at radius 2 is 1.78 bits per heavy atom. The molecule has 32 heavy (non-hydrogen) atoms. The molecule has 1 N–H and O–H groups in total. The van der Waals surface area contributed by atoms with Crippen LogP contribution in [0.1, 0.15) is 34.6 Å². The number of carbonyl (C=O) groups is 4. The van der Waals surface area contributed by atoms with Gasteiger partial charge in [-0.3, -0.25) is 14.4 Å². The van der Waals surface area contributed by atoms with Gasteiger partial charge in [0, 0.05) is 25.1 Å². The maximum Gasteiger partial charge on any atom is 0.339 e. The second-order valence-corrected chi connectivity index (χ2v) is 9.94. The van der Waals surface area contributed by atoms with Crippen LogP contribution >= 0.6 is 23.4 Å². The summed E-state index contributed by atoms with van der Waals surface area (Å²) < 4.78 is 5.42. The van der Waals surface area contributed by atoms with Crippen LogP contribution in [0.15, 0.2) is 36.0 Å². The second kappa shape index (κ2) is 9.03. The third-order valence-corrected chi connectivity index (χ3v) is 6.10. The van der Waals surface area contributed by atoms with E-state index in [9.17, 15) is 19.2 Å². The number of nitrogens with one attached hydrogen (secondary N) is 1. The van der Waals surface area contributed by atoms with Gasteiger partial charge < -0.3 is 19.8 Å². The van der Waals surface area contributed by atoms with Gasteiger partial charge in [-0.15, -0.1) is 11.8 Å². The molecule has 1 fully saturated rings. The molecule has 2 unspecified atom stereocenters. The first kappa shape index (κ1) is 23.9. The maximum atomic E-state index is 12.9. The molecular formula is C21H24ClN3O6S. The Kier molecular flexibility index (Phi) is 6.75. The quantitative estimate of drug-likeness (QED) is 0.391. The minimum atomic E-state index is -0.944. The summed E-state index contributed by atoms with van der Waals surface area (Å²) in [5.41, 5.74) is -0.615. The van der Waals surface area contributed by atoms with Crippen molar-refractivity contribution in [2.45, 2.75) is 57.0 Å². The zero-order chi connectivity index (χ0) is 23.8. The Morgan fingerprint density at radius 1 is 1.16 bits per heavy atom. The van der Waals surface area contributed by atoms with Gasteiger partial charge in [-0.05, 0) is 45.0 Å². The van der Waals surface area contributed by atoms with Crippen LogP contribution in [0.5, 0.6) is 5.75 Å². The fourth-order valence-electron chi connectivity index (χ4n) is 3.11. The first-order chi connectivity index (χ1) is 14.9. The fourth-order valence-corrected chi connectivity index (χ4v) is 4.73. The average molecular weight is 482 g/mol. The minimum absolute atomic E-state index is 0.135. The molecule has 0 aliphatic carbocycles. The van der Waals surface area contributed by atoms with Crippen molar-refractivity contribution in [2.75, 3.05) is 0 Å². The van der Waals surface area contributed by atoms with Gasteiger partial charge in [0.25, 0.3) is 11.8 Å². The molecule has 3 atom stereocenters. The van der Waals surface area contributed by atoms with Crippen molar-refractivity contribution in [3.63, 3.8) is 0 Å². The summed E-state index contributed by atoms with van der Waals surface area (Å²) in [7, 11) is 0. The molecule has 2 aliphatic heterocycles. The average Bonchev–Trinajstić information content (AvgIpc) is 2.66. The van der Waals surface area contributed by atoms with E-state index in [-0.39, 0.29) is 11.5 Å². The van der Waals surface area contributed by atoms with Crippen LogP contribution in [-0.4, -0.2) is 56.0 Å². The van der Waals surface area contributed by atoms with E-state index in [0.717, 1.165) is 16.8 Å². The van der Waals surface area contributed by atoms with Gasteiger partial charge in [0.05, 0.1) is 5.57 Å². The van der Waals surface area contributed by atoms with Crippen molar-refractivity contribution < 1.29 is 28.8 Å². The highest BCUT2D eigenvalue weighted by Crippen LogP contribution is 2.42. The molecule has 1 aromatic rings. The Bertz CT molecular complexity index is 975.